The van der Waals surface area contributed by atoms with Gasteiger partial charge in [-0.05, 0) is 63.9 Å². The lowest BCUT2D eigenvalue weighted by Gasteiger charge is -2.29. The van der Waals surface area contributed by atoms with Crippen LogP contribution in [0.1, 0.15) is 110 Å². The molecular weight excluding hydrogens is 1120 g/mol. The highest BCUT2D eigenvalue weighted by molar-refractivity contribution is 5.98. The number of aliphatic carboxylic acids is 1. The van der Waals surface area contributed by atoms with Gasteiger partial charge in [0.2, 0.25) is 53.2 Å². The van der Waals surface area contributed by atoms with Gasteiger partial charge in [-0.1, -0.05) is 82.7 Å². The number of hydrogen-bond donors (Lipinski definition) is 17. The molecule has 2 aromatic rings. The highest BCUT2D eigenvalue weighted by Gasteiger charge is 2.37. The van der Waals surface area contributed by atoms with E-state index in [2.05, 4.69) is 62.5 Å². The number of aliphatic hydroxyl groups excluding tert-OH is 2. The van der Waals surface area contributed by atoms with Crippen molar-refractivity contribution in [2.45, 2.75) is 172 Å². The fourth-order valence-corrected chi connectivity index (χ4v) is 9.28. The van der Waals surface area contributed by atoms with Crippen LogP contribution in [-0.2, 0) is 60.8 Å². The summed E-state index contributed by atoms with van der Waals surface area (Å²) in [6.45, 7) is 5.82. The Balaban J connectivity index is 1.78. The van der Waals surface area contributed by atoms with Gasteiger partial charge in [-0.2, -0.15) is 0 Å². The van der Waals surface area contributed by atoms with Crippen molar-refractivity contribution in [3.63, 3.8) is 0 Å². The summed E-state index contributed by atoms with van der Waals surface area (Å²) in [5.74, 6) is -9.90. The Morgan fingerprint density at radius 1 is 0.674 bits per heavy atom. The molecule has 0 bridgehead atoms. The predicted octanol–water partition coefficient (Wildman–Crippen LogP) is -4.54. The van der Waals surface area contributed by atoms with Gasteiger partial charge in [0.1, 0.15) is 42.3 Å². The van der Waals surface area contributed by atoms with Crippen molar-refractivity contribution in [1.29, 1.82) is 0 Å². The third-order valence-electron chi connectivity index (χ3n) is 14.4. The second kappa shape index (κ2) is 37.1. The molecular formula is C55H90N18O13. The molecule has 31 nitrogen and oxygen atoms in total. The average molecular weight is 1210 g/mol. The number of aliphatic imine (C=N–C) groups is 2. The summed E-state index contributed by atoms with van der Waals surface area (Å²) in [5, 5.41) is 51.7. The zero-order valence-electron chi connectivity index (χ0n) is 49.6. The standard InChI is InChI=1S/C55H90N18O13/c1-6-30(2)43(51(83)69-40(53(85)86)24-35-17-11-8-12-18-35)70-41(76)28-73(22-14-21-63-55(59)60)42(77)27-64-50(82)44(32(4)74)72-52(84)45(33(5)75)71-49(81)39(25-36-26-61-29-65-36)68-48(80)38(23-34-15-9-7-10-16-34)67-46(78)31(3)66-47(79)37(56)19-13-20-62-54(57)58/h7,9-10,15-16,26,29-33,35,37-40,43-45,74-75H,6,8,11-14,17-25,27-28,56H2,1-5H3,(H,61,65)(H,64,82)(H,66,79)(H,67,78)(H,68,80)(H,69,83)(H,70,76)(H,71,81)(H,72,84)(H,85,86)(H4,57,58,62)(H4,59,60,63)/t30?,31-,32+,33+,37-,38+,39-,40-,43-,44-,45-/m0/s1. The molecule has 1 aromatic carbocycles. The molecule has 0 aliphatic heterocycles. The average Bonchev–Trinajstić information content (AvgIpc) is 3.73. The van der Waals surface area contributed by atoms with Crippen LogP contribution < -0.4 is 71.2 Å². The van der Waals surface area contributed by atoms with Gasteiger partial charge >= 0.3 is 5.97 Å². The number of rotatable bonds is 37. The van der Waals surface area contributed by atoms with E-state index in [9.17, 15) is 63.3 Å². The number of H-pyrrole nitrogens is 1. The SMILES string of the molecule is CCC(C)[C@H](NC(=O)CN(CCCN=C(N)N)C(=O)CNC(=O)[C@@H](NC(=O)[C@@H](NC(=O)[C@H](Cc1cnc[nH]1)NC(=O)[C@@H](Cc1ccccc1)NC(=O)[C@H](C)NC(=O)[C@@H](N)CCCN=C(N)N)[C@@H](C)O)[C@@H](C)O)C(=O)N[C@@H](CC1CCCCC1)C(=O)O. The maximum atomic E-state index is 14.3. The van der Waals surface area contributed by atoms with Crippen LogP contribution in [0.2, 0.25) is 0 Å². The van der Waals surface area contributed by atoms with Crippen LogP contribution in [0, 0.1) is 11.8 Å². The largest absolute Gasteiger partial charge is 0.480 e. The van der Waals surface area contributed by atoms with Crippen LogP contribution in [0.25, 0.3) is 0 Å². The number of hydrogen-bond acceptors (Lipinski definition) is 16. The molecule has 478 valence electrons. The van der Waals surface area contributed by atoms with Crippen molar-refractivity contribution in [3.8, 4) is 0 Å². The topological polar surface area (TPSA) is 514 Å². The number of carbonyl (C=O) groups is 10. The predicted molar refractivity (Wildman–Crippen MR) is 316 cm³/mol. The van der Waals surface area contributed by atoms with Gasteiger partial charge in [0, 0.05) is 44.4 Å². The molecule has 1 heterocycles. The lowest BCUT2D eigenvalue weighted by molar-refractivity contribution is -0.143. The number of nitrogens with zero attached hydrogens (tertiary/aromatic N) is 4. The highest BCUT2D eigenvalue weighted by Crippen LogP contribution is 2.27. The summed E-state index contributed by atoms with van der Waals surface area (Å²) in [7, 11) is 0. The number of aromatic nitrogens is 2. The van der Waals surface area contributed by atoms with Crippen molar-refractivity contribution in [3.05, 3.63) is 54.1 Å². The zero-order chi connectivity index (χ0) is 64.0. The molecule has 0 spiro atoms. The quantitative estimate of drug-likeness (QED) is 0.0172. The maximum absolute atomic E-state index is 14.3. The molecule has 22 N–H and O–H groups in total. The van der Waals surface area contributed by atoms with Gasteiger partial charge in [-0.15, -0.1) is 0 Å². The minimum absolute atomic E-state index is 0.0276. The summed E-state index contributed by atoms with van der Waals surface area (Å²) < 4.78 is 0. The molecule has 0 radical (unpaired) electrons. The summed E-state index contributed by atoms with van der Waals surface area (Å²) in [6, 6.07) is -2.64. The Morgan fingerprint density at radius 3 is 1.81 bits per heavy atom. The fraction of sp³-hybridized carbons (Fsp3) is 0.618. The van der Waals surface area contributed by atoms with E-state index in [-0.39, 0.29) is 69.6 Å². The van der Waals surface area contributed by atoms with E-state index in [1.54, 1.807) is 44.2 Å². The van der Waals surface area contributed by atoms with Crippen molar-refractivity contribution in [2.24, 2.45) is 50.5 Å². The van der Waals surface area contributed by atoms with Crippen molar-refractivity contribution in [1.82, 2.24) is 57.4 Å². The van der Waals surface area contributed by atoms with Gasteiger partial charge < -0.3 is 96.4 Å². The number of nitrogens with two attached hydrogens (primary N) is 5. The second-order valence-corrected chi connectivity index (χ2v) is 21.6. The van der Waals surface area contributed by atoms with Crippen molar-refractivity contribution < 1.29 is 63.3 Å². The van der Waals surface area contributed by atoms with Crippen LogP contribution in [0.5, 0.6) is 0 Å². The Hall–Kier alpha value is -8.45. The molecule has 1 fully saturated rings. The number of benzene rings is 1. The maximum Gasteiger partial charge on any atom is 0.326 e. The fourth-order valence-electron chi connectivity index (χ4n) is 9.28. The number of carbonyl (C=O) groups excluding carboxylic acids is 9. The highest BCUT2D eigenvalue weighted by atomic mass is 16.4. The smallest absolute Gasteiger partial charge is 0.326 e. The number of aromatic amines is 1. The summed E-state index contributed by atoms with van der Waals surface area (Å²) in [4.78, 5) is 152. The molecule has 11 atom stereocenters. The summed E-state index contributed by atoms with van der Waals surface area (Å²) >= 11 is 0. The first-order valence-corrected chi connectivity index (χ1v) is 28.8. The molecule has 31 heteroatoms. The minimum Gasteiger partial charge on any atom is -0.480 e. The van der Waals surface area contributed by atoms with E-state index in [1.807, 2.05) is 0 Å². The number of nitrogens with one attached hydrogen (secondary N) is 9. The number of carboxylic acids is 1. The van der Waals surface area contributed by atoms with Crippen molar-refractivity contribution in [2.75, 3.05) is 32.7 Å². The Kier molecular flexibility index (Phi) is 31.0. The zero-order valence-corrected chi connectivity index (χ0v) is 49.6. The van der Waals surface area contributed by atoms with Crippen LogP contribution in [0.4, 0.5) is 0 Å². The first kappa shape index (κ1) is 71.8. The van der Waals surface area contributed by atoms with Gasteiger partial charge in [0.25, 0.3) is 0 Å². The van der Waals surface area contributed by atoms with Crippen LogP contribution >= 0.6 is 0 Å². The molecule has 1 aliphatic rings. The van der Waals surface area contributed by atoms with E-state index < -0.39 is 139 Å². The van der Waals surface area contributed by atoms with E-state index in [1.165, 1.54) is 19.4 Å². The van der Waals surface area contributed by atoms with E-state index in [0.29, 0.717) is 24.1 Å². The Morgan fingerprint density at radius 2 is 1.23 bits per heavy atom. The van der Waals surface area contributed by atoms with Crippen molar-refractivity contribution >= 4 is 71.1 Å². The van der Waals surface area contributed by atoms with E-state index in [0.717, 1.165) is 50.9 Å². The molecule has 0 saturated heterocycles. The Bertz CT molecular complexity index is 2590. The van der Waals surface area contributed by atoms with E-state index >= 15 is 0 Å². The van der Waals surface area contributed by atoms with Crippen LogP contribution in [0.15, 0.2) is 52.8 Å². The molecule has 9 amide bonds. The minimum atomic E-state index is -1.85. The third-order valence-corrected chi connectivity index (χ3v) is 14.4. The van der Waals surface area contributed by atoms with E-state index in [4.69, 9.17) is 28.7 Å². The van der Waals surface area contributed by atoms with Gasteiger partial charge in [-0.3, -0.25) is 53.1 Å². The first-order valence-electron chi connectivity index (χ1n) is 28.8. The molecule has 3 rings (SSSR count). The van der Waals surface area contributed by atoms with Gasteiger partial charge in [0.15, 0.2) is 11.9 Å². The van der Waals surface area contributed by atoms with Gasteiger partial charge in [-0.25, -0.2) is 9.78 Å². The third kappa shape index (κ3) is 25.8. The lowest BCUT2D eigenvalue weighted by atomic mass is 9.84. The number of carboxylic acid groups (broad SMARTS) is 1. The first-order chi connectivity index (χ1) is 40.7. The Labute approximate surface area is 499 Å². The number of guanidine groups is 2. The molecule has 1 aliphatic carbocycles. The normalized spacial score (nSPS) is 16.1. The molecule has 86 heavy (non-hydrogen) atoms. The van der Waals surface area contributed by atoms with Crippen LogP contribution in [0.3, 0.4) is 0 Å². The molecule has 1 saturated carbocycles. The molecule has 1 unspecified atom stereocenters. The van der Waals surface area contributed by atoms with Gasteiger partial charge in [0.05, 0.1) is 37.7 Å². The second-order valence-electron chi connectivity index (χ2n) is 21.6. The summed E-state index contributed by atoms with van der Waals surface area (Å²) in [6.07, 6.45) is 4.96. The number of aliphatic hydroxyl groups is 2. The monoisotopic (exact) mass is 1210 g/mol. The van der Waals surface area contributed by atoms with Crippen LogP contribution in [-0.4, -0.2) is 195 Å². The number of imidazole rings is 1. The lowest BCUT2D eigenvalue weighted by Crippen LogP contribution is -2.62. The number of amides is 9. The molecule has 1 aromatic heterocycles. The summed E-state index contributed by atoms with van der Waals surface area (Å²) in [5.41, 5.74) is 28.6.